The minimum absolute atomic E-state index is 0.0194. The maximum atomic E-state index is 10.4. The van der Waals surface area contributed by atoms with Gasteiger partial charge in [0.25, 0.3) is 0 Å². The number of ether oxygens (including phenoxy) is 3. The van der Waals surface area contributed by atoms with Gasteiger partial charge in [-0.1, -0.05) is 0 Å². The van der Waals surface area contributed by atoms with E-state index >= 15 is 0 Å². The van der Waals surface area contributed by atoms with E-state index in [1.165, 1.54) is 0 Å². The van der Waals surface area contributed by atoms with Crippen LogP contribution in [0.25, 0.3) is 0 Å². The molecule has 0 fully saturated rings. The zero-order valence-electron chi connectivity index (χ0n) is 10.1. The summed E-state index contributed by atoms with van der Waals surface area (Å²) < 4.78 is 25.8. The van der Waals surface area contributed by atoms with Crippen LogP contribution >= 0.6 is 7.60 Å². The van der Waals surface area contributed by atoms with Gasteiger partial charge >= 0.3 is 7.60 Å². The summed E-state index contributed by atoms with van der Waals surface area (Å²) in [7, 11) is -3.94. The van der Waals surface area contributed by atoms with Crippen LogP contribution in [0.2, 0.25) is 0 Å². The molecule has 7 nitrogen and oxygen atoms in total. The van der Waals surface area contributed by atoms with Crippen molar-refractivity contribution in [1.82, 2.24) is 0 Å². The topological polar surface area (TPSA) is 111 Å². The molecule has 0 rings (SSSR count). The molecule has 1 unspecified atom stereocenters. The van der Waals surface area contributed by atoms with Gasteiger partial charge in [0.2, 0.25) is 0 Å². The molecule has 0 aromatic carbocycles. The third-order valence-electron chi connectivity index (χ3n) is 1.65. The molecular weight excluding hydrogens is 249 g/mol. The highest BCUT2D eigenvalue weighted by Gasteiger charge is 2.11. The zero-order valence-corrected chi connectivity index (χ0v) is 11.0. The fourth-order valence-corrected chi connectivity index (χ4v) is 1.26. The van der Waals surface area contributed by atoms with Crippen LogP contribution in [0, 0.1) is 0 Å². The summed E-state index contributed by atoms with van der Waals surface area (Å²) in [5.41, 5.74) is 5.47. The lowest BCUT2D eigenvalue weighted by atomic mass is 10.4. The minimum atomic E-state index is -3.94. The highest BCUT2D eigenvalue weighted by atomic mass is 31.2. The Hall–Kier alpha value is -0.0100. The summed E-state index contributed by atoms with van der Waals surface area (Å²) in [5.74, 6) is 0. The van der Waals surface area contributed by atoms with Crippen LogP contribution in [0.15, 0.2) is 0 Å². The molecule has 0 saturated heterocycles. The molecule has 0 amide bonds. The molecular formula is C9H22NO6P. The average molecular weight is 271 g/mol. The van der Waals surface area contributed by atoms with E-state index < -0.39 is 7.60 Å². The van der Waals surface area contributed by atoms with E-state index in [0.717, 1.165) is 0 Å². The monoisotopic (exact) mass is 271 g/mol. The number of nitrogens with two attached hydrogens (primary N) is 1. The normalized spacial score (nSPS) is 13.9. The van der Waals surface area contributed by atoms with Crippen LogP contribution in [0.5, 0.6) is 0 Å². The van der Waals surface area contributed by atoms with Crippen molar-refractivity contribution in [3.8, 4) is 0 Å². The van der Waals surface area contributed by atoms with Crippen molar-refractivity contribution in [2.75, 3.05) is 45.8 Å². The summed E-state index contributed by atoms with van der Waals surface area (Å²) in [6.07, 6.45) is -0.259. The van der Waals surface area contributed by atoms with Gasteiger partial charge in [-0.3, -0.25) is 4.57 Å². The Morgan fingerprint density at radius 1 is 1.06 bits per heavy atom. The maximum Gasteiger partial charge on any atom is 0.327 e. The molecule has 0 aliphatic rings. The van der Waals surface area contributed by atoms with Gasteiger partial charge in [0.1, 0.15) is 0 Å². The van der Waals surface area contributed by atoms with Gasteiger partial charge in [-0.2, -0.15) is 0 Å². The van der Waals surface area contributed by atoms with Crippen LogP contribution in [-0.4, -0.2) is 61.6 Å². The van der Waals surface area contributed by atoms with E-state index in [2.05, 4.69) is 0 Å². The molecule has 4 N–H and O–H groups in total. The second-order valence-electron chi connectivity index (χ2n) is 3.67. The average Bonchev–Trinajstić information content (AvgIpc) is 2.18. The van der Waals surface area contributed by atoms with Crippen molar-refractivity contribution in [1.29, 1.82) is 0 Å². The van der Waals surface area contributed by atoms with Crippen molar-refractivity contribution < 1.29 is 28.6 Å². The Kier molecular flexibility index (Phi) is 9.96. The smallest absolute Gasteiger partial charge is 0.327 e. The molecule has 0 radical (unpaired) electrons. The quantitative estimate of drug-likeness (QED) is 0.345. The third-order valence-corrected chi connectivity index (χ3v) is 2.42. The lowest BCUT2D eigenvalue weighted by Gasteiger charge is -2.08. The first kappa shape index (κ1) is 17.0. The maximum absolute atomic E-state index is 10.4. The van der Waals surface area contributed by atoms with Gasteiger partial charge in [0.15, 0.2) is 0 Å². The number of hydrogen-bond acceptors (Lipinski definition) is 5. The molecule has 0 aromatic heterocycles. The second-order valence-corrected chi connectivity index (χ2v) is 5.44. The molecule has 0 saturated carbocycles. The van der Waals surface area contributed by atoms with Gasteiger partial charge in [-0.15, -0.1) is 0 Å². The summed E-state index contributed by atoms with van der Waals surface area (Å²) in [6.45, 7) is 4.02. The first-order valence-corrected chi connectivity index (χ1v) is 7.25. The predicted octanol–water partition coefficient (Wildman–Crippen LogP) is -0.439. The molecule has 17 heavy (non-hydrogen) atoms. The van der Waals surface area contributed by atoms with Crippen molar-refractivity contribution >= 4 is 7.60 Å². The van der Waals surface area contributed by atoms with E-state index in [4.69, 9.17) is 29.7 Å². The Balaban J connectivity index is 3.06. The molecule has 0 aliphatic heterocycles. The SMILES string of the molecule is CC(N)COCCOCCOCCP(=O)(O)O. The summed E-state index contributed by atoms with van der Waals surface area (Å²) in [6, 6.07) is 0.0194. The number of rotatable bonds is 11. The summed E-state index contributed by atoms with van der Waals surface area (Å²) >= 11 is 0. The van der Waals surface area contributed by atoms with Gasteiger partial charge < -0.3 is 29.7 Å². The van der Waals surface area contributed by atoms with Gasteiger partial charge in [0, 0.05) is 6.04 Å². The third kappa shape index (κ3) is 16.0. The molecule has 0 aliphatic carbocycles. The van der Waals surface area contributed by atoms with Gasteiger partial charge in [-0.05, 0) is 6.92 Å². The molecule has 0 aromatic rings. The van der Waals surface area contributed by atoms with Gasteiger partial charge in [-0.25, -0.2) is 0 Å². The second kappa shape index (κ2) is 9.96. The van der Waals surface area contributed by atoms with Crippen molar-refractivity contribution in [2.24, 2.45) is 5.73 Å². The molecule has 0 heterocycles. The minimum Gasteiger partial charge on any atom is -0.378 e. The lowest BCUT2D eigenvalue weighted by molar-refractivity contribution is 0.0150. The number of hydrogen-bond donors (Lipinski definition) is 3. The standard InChI is InChI=1S/C9H22NO6P/c1-9(10)8-16-5-4-14-2-3-15-6-7-17(11,12)13/h9H,2-8,10H2,1H3,(H2,11,12,13). The fraction of sp³-hybridized carbons (Fsp3) is 1.00. The summed E-state index contributed by atoms with van der Waals surface area (Å²) in [5, 5.41) is 0. The highest BCUT2D eigenvalue weighted by molar-refractivity contribution is 7.51. The van der Waals surface area contributed by atoms with Gasteiger partial charge in [0.05, 0.1) is 45.8 Å². The lowest BCUT2D eigenvalue weighted by Crippen LogP contribution is -2.23. The van der Waals surface area contributed by atoms with E-state index in [1.54, 1.807) is 0 Å². The van der Waals surface area contributed by atoms with E-state index in [-0.39, 0.29) is 18.8 Å². The highest BCUT2D eigenvalue weighted by Crippen LogP contribution is 2.33. The molecule has 0 spiro atoms. The van der Waals surface area contributed by atoms with E-state index in [1.807, 2.05) is 6.92 Å². The van der Waals surface area contributed by atoms with E-state index in [9.17, 15) is 4.57 Å². The van der Waals surface area contributed by atoms with Crippen LogP contribution in [0.3, 0.4) is 0 Å². The molecule has 1 atom stereocenters. The Bertz CT molecular complexity index is 220. The van der Waals surface area contributed by atoms with Crippen LogP contribution in [0.1, 0.15) is 6.92 Å². The Morgan fingerprint density at radius 2 is 1.53 bits per heavy atom. The van der Waals surface area contributed by atoms with Crippen molar-refractivity contribution in [3.05, 3.63) is 0 Å². The summed E-state index contributed by atoms with van der Waals surface area (Å²) in [4.78, 5) is 17.1. The van der Waals surface area contributed by atoms with Crippen molar-refractivity contribution in [3.63, 3.8) is 0 Å². The molecule has 8 heteroatoms. The van der Waals surface area contributed by atoms with Crippen LogP contribution < -0.4 is 5.73 Å². The molecule has 104 valence electrons. The first-order chi connectivity index (χ1) is 7.92. The molecule has 0 bridgehead atoms. The Labute approximate surface area is 101 Å². The first-order valence-electron chi connectivity index (χ1n) is 5.45. The van der Waals surface area contributed by atoms with E-state index in [0.29, 0.717) is 33.0 Å². The predicted molar refractivity (Wildman–Crippen MR) is 63.0 cm³/mol. The van der Waals surface area contributed by atoms with Crippen LogP contribution in [-0.2, 0) is 18.8 Å². The van der Waals surface area contributed by atoms with Crippen LogP contribution in [0.4, 0.5) is 0 Å². The fourth-order valence-electron chi connectivity index (χ4n) is 0.893. The Morgan fingerprint density at radius 3 is 2.00 bits per heavy atom. The van der Waals surface area contributed by atoms with Crippen molar-refractivity contribution in [2.45, 2.75) is 13.0 Å². The largest absolute Gasteiger partial charge is 0.378 e. The zero-order chi connectivity index (χ0) is 13.1.